The first-order chi connectivity index (χ1) is 11.7. The second-order valence-corrected chi connectivity index (χ2v) is 7.28. The number of nitrogens with zero attached hydrogens (tertiary/aromatic N) is 1. The van der Waals surface area contributed by atoms with E-state index >= 15 is 0 Å². The van der Waals surface area contributed by atoms with Crippen LogP contribution in [0.25, 0.3) is 0 Å². The van der Waals surface area contributed by atoms with Crippen molar-refractivity contribution < 1.29 is 18.1 Å². The maximum atomic E-state index is 12.3. The van der Waals surface area contributed by atoms with Gasteiger partial charge in [0.2, 0.25) is 10.0 Å². The first-order valence-corrected chi connectivity index (χ1v) is 8.85. The van der Waals surface area contributed by atoms with Gasteiger partial charge in [0, 0.05) is 29.4 Å². The molecule has 2 aromatic rings. The third-order valence-electron chi connectivity index (χ3n) is 3.11. The van der Waals surface area contributed by atoms with Crippen molar-refractivity contribution in [3.05, 3.63) is 64.2 Å². The molecule has 1 amide bonds. The molecular formula is C16H17N3O5S. The summed E-state index contributed by atoms with van der Waals surface area (Å²) >= 11 is 0. The van der Waals surface area contributed by atoms with E-state index in [1.54, 1.807) is 13.8 Å². The van der Waals surface area contributed by atoms with Crippen molar-refractivity contribution in [1.82, 2.24) is 4.72 Å². The van der Waals surface area contributed by atoms with Crippen molar-refractivity contribution >= 4 is 27.3 Å². The number of benzene rings is 2. The minimum absolute atomic E-state index is 0.0344. The minimum Gasteiger partial charge on any atom is -0.322 e. The number of nitrogens with one attached hydrogen (secondary N) is 2. The van der Waals surface area contributed by atoms with Gasteiger partial charge in [0.25, 0.3) is 11.6 Å². The molecule has 0 aromatic heterocycles. The average molecular weight is 363 g/mol. The van der Waals surface area contributed by atoms with Crippen LogP contribution in [0, 0.1) is 10.1 Å². The molecule has 0 saturated heterocycles. The summed E-state index contributed by atoms with van der Waals surface area (Å²) in [6.07, 6.45) is 0. The molecule has 8 nitrogen and oxygen atoms in total. The van der Waals surface area contributed by atoms with Crippen molar-refractivity contribution in [1.29, 1.82) is 0 Å². The van der Waals surface area contributed by atoms with Gasteiger partial charge >= 0.3 is 0 Å². The molecule has 9 heteroatoms. The largest absolute Gasteiger partial charge is 0.322 e. The third-order valence-corrected chi connectivity index (χ3v) is 4.77. The van der Waals surface area contributed by atoms with E-state index in [9.17, 15) is 23.3 Å². The maximum Gasteiger partial charge on any atom is 0.271 e. The molecule has 2 N–H and O–H groups in total. The lowest BCUT2D eigenvalue weighted by molar-refractivity contribution is -0.384. The molecule has 0 fully saturated rings. The normalized spacial score (nSPS) is 11.3. The van der Waals surface area contributed by atoms with Crippen LogP contribution in [0.3, 0.4) is 0 Å². The molecule has 0 unspecified atom stereocenters. The highest BCUT2D eigenvalue weighted by Gasteiger charge is 2.17. The number of rotatable bonds is 6. The van der Waals surface area contributed by atoms with Crippen LogP contribution in [-0.2, 0) is 10.0 Å². The Bertz CT molecular complexity index is 909. The SMILES string of the molecule is CC(C)NS(=O)(=O)c1cccc(C(=O)Nc2cccc([N+](=O)[O-])c2)c1. The molecular weight excluding hydrogens is 346 g/mol. The van der Waals surface area contributed by atoms with Crippen LogP contribution in [0.2, 0.25) is 0 Å². The molecule has 0 bridgehead atoms. The highest BCUT2D eigenvalue weighted by atomic mass is 32.2. The van der Waals surface area contributed by atoms with Crippen LogP contribution in [0.5, 0.6) is 0 Å². The molecule has 0 aliphatic rings. The van der Waals surface area contributed by atoms with E-state index in [4.69, 9.17) is 0 Å². The topological polar surface area (TPSA) is 118 Å². The fraction of sp³-hybridized carbons (Fsp3) is 0.188. The first-order valence-electron chi connectivity index (χ1n) is 7.37. The van der Waals surface area contributed by atoms with E-state index in [1.807, 2.05) is 0 Å². The number of carbonyl (C=O) groups excluding carboxylic acids is 1. The lowest BCUT2D eigenvalue weighted by Crippen LogP contribution is -2.30. The number of hydrogen-bond donors (Lipinski definition) is 2. The molecule has 0 aliphatic heterocycles. The van der Waals surface area contributed by atoms with Gasteiger partial charge in [-0.15, -0.1) is 0 Å². The zero-order valence-electron chi connectivity index (χ0n) is 13.6. The predicted molar refractivity (Wildman–Crippen MR) is 92.9 cm³/mol. The number of nitro benzene ring substituents is 1. The van der Waals surface area contributed by atoms with E-state index < -0.39 is 20.9 Å². The average Bonchev–Trinajstić information content (AvgIpc) is 2.54. The van der Waals surface area contributed by atoms with Gasteiger partial charge in [0.15, 0.2) is 0 Å². The van der Waals surface area contributed by atoms with Crippen LogP contribution < -0.4 is 10.0 Å². The second-order valence-electron chi connectivity index (χ2n) is 5.57. The van der Waals surface area contributed by atoms with Gasteiger partial charge in [0.1, 0.15) is 0 Å². The molecule has 0 heterocycles. The lowest BCUT2D eigenvalue weighted by Gasteiger charge is -2.11. The quantitative estimate of drug-likeness (QED) is 0.604. The summed E-state index contributed by atoms with van der Waals surface area (Å²) in [7, 11) is -3.73. The maximum absolute atomic E-state index is 12.3. The summed E-state index contributed by atoms with van der Waals surface area (Å²) < 4.78 is 26.8. The predicted octanol–water partition coefficient (Wildman–Crippen LogP) is 2.53. The molecule has 0 aliphatic carbocycles. The standard InChI is InChI=1S/C16H17N3O5S/c1-11(2)18-25(23,24)15-8-3-5-12(9-15)16(20)17-13-6-4-7-14(10-13)19(21)22/h3-11,18H,1-2H3,(H,17,20). The number of hydrogen-bond acceptors (Lipinski definition) is 5. The van der Waals surface area contributed by atoms with Gasteiger partial charge in [-0.3, -0.25) is 14.9 Å². The second kappa shape index (κ2) is 7.41. The fourth-order valence-electron chi connectivity index (χ4n) is 2.08. The first kappa shape index (κ1) is 18.6. The van der Waals surface area contributed by atoms with E-state index in [0.29, 0.717) is 0 Å². The summed E-state index contributed by atoms with van der Waals surface area (Å²) in [6, 6.07) is 10.7. The van der Waals surface area contributed by atoms with Crippen molar-refractivity contribution in [2.24, 2.45) is 0 Å². The van der Waals surface area contributed by atoms with Gasteiger partial charge in [0.05, 0.1) is 9.82 Å². The van der Waals surface area contributed by atoms with Crippen molar-refractivity contribution in [3.8, 4) is 0 Å². The van der Waals surface area contributed by atoms with E-state index in [-0.39, 0.29) is 27.9 Å². The highest BCUT2D eigenvalue weighted by Crippen LogP contribution is 2.19. The van der Waals surface area contributed by atoms with Gasteiger partial charge < -0.3 is 5.32 Å². The number of sulfonamides is 1. The van der Waals surface area contributed by atoms with Crippen LogP contribution in [-0.4, -0.2) is 25.3 Å². The lowest BCUT2D eigenvalue weighted by atomic mass is 10.2. The Labute approximate surface area is 145 Å². The highest BCUT2D eigenvalue weighted by molar-refractivity contribution is 7.89. The Morgan fingerprint density at radius 3 is 2.44 bits per heavy atom. The number of anilines is 1. The summed E-state index contributed by atoms with van der Waals surface area (Å²) in [5, 5.41) is 13.3. The van der Waals surface area contributed by atoms with Crippen LogP contribution in [0.1, 0.15) is 24.2 Å². The smallest absolute Gasteiger partial charge is 0.271 e. The number of non-ortho nitro benzene ring substituents is 1. The summed E-state index contributed by atoms with van der Waals surface area (Å²) in [5.74, 6) is -0.568. The molecule has 2 rings (SSSR count). The molecule has 25 heavy (non-hydrogen) atoms. The molecule has 0 spiro atoms. The molecule has 0 saturated carbocycles. The number of nitro groups is 1. The minimum atomic E-state index is -3.73. The van der Waals surface area contributed by atoms with E-state index in [1.165, 1.54) is 48.5 Å². The monoisotopic (exact) mass is 363 g/mol. The Hall–Kier alpha value is -2.78. The Morgan fingerprint density at radius 1 is 1.12 bits per heavy atom. The van der Waals surface area contributed by atoms with Gasteiger partial charge in [-0.25, -0.2) is 13.1 Å². The molecule has 0 radical (unpaired) electrons. The van der Waals surface area contributed by atoms with Gasteiger partial charge in [-0.1, -0.05) is 12.1 Å². The summed E-state index contributed by atoms with van der Waals surface area (Å²) in [4.78, 5) is 22.5. The Balaban J connectivity index is 2.25. The Morgan fingerprint density at radius 2 is 1.80 bits per heavy atom. The van der Waals surface area contributed by atoms with Crippen LogP contribution >= 0.6 is 0 Å². The third kappa shape index (κ3) is 4.85. The van der Waals surface area contributed by atoms with Crippen molar-refractivity contribution in [2.45, 2.75) is 24.8 Å². The molecule has 2 aromatic carbocycles. The summed E-state index contributed by atoms with van der Waals surface area (Å²) in [5.41, 5.74) is 0.209. The van der Waals surface area contributed by atoms with Gasteiger partial charge in [-0.2, -0.15) is 0 Å². The fourth-order valence-corrected chi connectivity index (χ4v) is 3.38. The zero-order chi connectivity index (χ0) is 18.6. The Kier molecular flexibility index (Phi) is 5.50. The summed E-state index contributed by atoms with van der Waals surface area (Å²) in [6.45, 7) is 3.38. The van der Waals surface area contributed by atoms with Gasteiger partial charge in [-0.05, 0) is 38.1 Å². The zero-order valence-corrected chi connectivity index (χ0v) is 14.4. The van der Waals surface area contributed by atoms with E-state index in [2.05, 4.69) is 10.0 Å². The van der Waals surface area contributed by atoms with E-state index in [0.717, 1.165) is 0 Å². The van der Waals surface area contributed by atoms with Crippen molar-refractivity contribution in [2.75, 3.05) is 5.32 Å². The van der Waals surface area contributed by atoms with Crippen LogP contribution in [0.4, 0.5) is 11.4 Å². The molecule has 132 valence electrons. The number of carbonyl (C=O) groups is 1. The van der Waals surface area contributed by atoms with Crippen molar-refractivity contribution in [3.63, 3.8) is 0 Å². The molecule has 0 atom stereocenters. The number of amides is 1. The van der Waals surface area contributed by atoms with Crippen LogP contribution in [0.15, 0.2) is 53.4 Å².